The summed E-state index contributed by atoms with van der Waals surface area (Å²) in [6, 6.07) is 6.66. The Hall–Kier alpha value is -2.30. The molecule has 17 heavy (non-hydrogen) atoms. The molecule has 0 aromatic heterocycles. The van der Waals surface area contributed by atoms with Gasteiger partial charge in [0.15, 0.2) is 6.61 Å². The maximum Gasteiger partial charge on any atom is 0.341 e. The third-order valence-electron chi connectivity index (χ3n) is 1.86. The molecule has 5 heteroatoms. The molecular formula is C12H12O5. The number of rotatable bonds is 5. The van der Waals surface area contributed by atoms with Crippen LogP contribution < -0.4 is 4.74 Å². The second kappa shape index (κ2) is 6.32. The molecule has 0 aliphatic rings. The first-order valence-electron chi connectivity index (χ1n) is 4.82. The van der Waals surface area contributed by atoms with E-state index in [0.717, 1.165) is 5.56 Å². The second-order valence-corrected chi connectivity index (χ2v) is 3.11. The number of methoxy groups -OCH3 is 1. The molecule has 1 N–H and O–H groups in total. The lowest BCUT2D eigenvalue weighted by Crippen LogP contribution is -2.09. The summed E-state index contributed by atoms with van der Waals surface area (Å²) in [6.45, 7) is -0.378. The SMILES string of the molecule is COC(=O)/C=C/c1ccc(OCC(=O)O)cc1. The fourth-order valence-corrected chi connectivity index (χ4v) is 1.05. The summed E-state index contributed by atoms with van der Waals surface area (Å²) in [5, 5.41) is 8.41. The average Bonchev–Trinajstić information content (AvgIpc) is 2.34. The van der Waals surface area contributed by atoms with Gasteiger partial charge in [-0.1, -0.05) is 12.1 Å². The minimum absolute atomic E-state index is 0.378. The molecule has 0 bridgehead atoms. The molecular weight excluding hydrogens is 224 g/mol. The predicted molar refractivity (Wildman–Crippen MR) is 60.6 cm³/mol. The zero-order valence-corrected chi connectivity index (χ0v) is 9.25. The van der Waals surface area contributed by atoms with Crippen LogP contribution in [0, 0.1) is 0 Å². The van der Waals surface area contributed by atoms with E-state index in [9.17, 15) is 9.59 Å². The van der Waals surface area contributed by atoms with Crippen molar-refractivity contribution in [3.8, 4) is 5.75 Å². The summed E-state index contributed by atoms with van der Waals surface area (Å²) in [4.78, 5) is 21.1. The molecule has 0 heterocycles. The van der Waals surface area contributed by atoms with Crippen LogP contribution in [0.15, 0.2) is 30.3 Å². The lowest BCUT2D eigenvalue weighted by Gasteiger charge is -2.02. The van der Waals surface area contributed by atoms with Crippen LogP contribution in [0.1, 0.15) is 5.56 Å². The maximum absolute atomic E-state index is 10.8. The number of carbonyl (C=O) groups excluding carboxylic acids is 1. The molecule has 0 amide bonds. The number of esters is 1. The monoisotopic (exact) mass is 236 g/mol. The largest absolute Gasteiger partial charge is 0.482 e. The van der Waals surface area contributed by atoms with Crippen LogP contribution >= 0.6 is 0 Å². The topological polar surface area (TPSA) is 72.8 Å². The fourth-order valence-electron chi connectivity index (χ4n) is 1.05. The number of carbonyl (C=O) groups is 2. The number of benzene rings is 1. The number of carboxylic acids is 1. The molecule has 0 radical (unpaired) electrons. The first kappa shape index (κ1) is 12.8. The van der Waals surface area contributed by atoms with E-state index in [1.54, 1.807) is 30.3 Å². The van der Waals surface area contributed by atoms with Gasteiger partial charge in [0.25, 0.3) is 0 Å². The number of ether oxygens (including phenoxy) is 2. The Bertz CT molecular complexity index is 419. The van der Waals surface area contributed by atoms with Crippen LogP contribution in [-0.2, 0) is 14.3 Å². The lowest BCUT2D eigenvalue weighted by molar-refractivity contribution is -0.139. The molecule has 1 aromatic carbocycles. The first-order chi connectivity index (χ1) is 8.11. The van der Waals surface area contributed by atoms with E-state index in [1.807, 2.05) is 0 Å². The Morgan fingerprint density at radius 3 is 2.47 bits per heavy atom. The van der Waals surface area contributed by atoms with Crippen molar-refractivity contribution in [1.82, 2.24) is 0 Å². The summed E-state index contributed by atoms with van der Waals surface area (Å²) in [5.41, 5.74) is 0.790. The van der Waals surface area contributed by atoms with Crippen LogP contribution in [0.25, 0.3) is 6.08 Å². The standard InChI is InChI=1S/C12H12O5/c1-16-12(15)7-4-9-2-5-10(6-3-9)17-8-11(13)14/h2-7H,8H2,1H3,(H,13,14)/b7-4+. The van der Waals surface area contributed by atoms with Gasteiger partial charge in [-0.05, 0) is 23.8 Å². The van der Waals surface area contributed by atoms with Crippen molar-refractivity contribution in [2.75, 3.05) is 13.7 Å². The Labute approximate surface area is 98.3 Å². The highest BCUT2D eigenvalue weighted by Crippen LogP contribution is 2.13. The molecule has 1 rings (SSSR count). The average molecular weight is 236 g/mol. The van der Waals surface area contributed by atoms with Gasteiger partial charge in [0.2, 0.25) is 0 Å². The van der Waals surface area contributed by atoms with Crippen LogP contribution in [0.3, 0.4) is 0 Å². The molecule has 0 saturated heterocycles. The summed E-state index contributed by atoms with van der Waals surface area (Å²) in [5.74, 6) is -1.00. The van der Waals surface area contributed by atoms with E-state index in [2.05, 4.69) is 4.74 Å². The molecule has 0 fully saturated rings. The third-order valence-corrected chi connectivity index (χ3v) is 1.86. The van der Waals surface area contributed by atoms with E-state index in [0.29, 0.717) is 5.75 Å². The third kappa shape index (κ3) is 4.83. The minimum Gasteiger partial charge on any atom is -0.482 e. The normalized spacial score (nSPS) is 10.2. The van der Waals surface area contributed by atoms with Gasteiger partial charge in [-0.25, -0.2) is 9.59 Å². The molecule has 1 aromatic rings. The van der Waals surface area contributed by atoms with Gasteiger partial charge in [-0.15, -0.1) is 0 Å². The van der Waals surface area contributed by atoms with E-state index in [1.165, 1.54) is 13.2 Å². The van der Waals surface area contributed by atoms with Crippen LogP contribution in [-0.4, -0.2) is 30.8 Å². The highest BCUT2D eigenvalue weighted by molar-refractivity contribution is 5.86. The van der Waals surface area contributed by atoms with Gasteiger partial charge in [0.05, 0.1) is 7.11 Å². The van der Waals surface area contributed by atoms with Crippen molar-refractivity contribution in [1.29, 1.82) is 0 Å². The van der Waals surface area contributed by atoms with Gasteiger partial charge in [-0.2, -0.15) is 0 Å². The first-order valence-corrected chi connectivity index (χ1v) is 4.82. The summed E-state index contributed by atoms with van der Waals surface area (Å²) in [6.07, 6.45) is 2.89. The second-order valence-electron chi connectivity index (χ2n) is 3.11. The smallest absolute Gasteiger partial charge is 0.341 e. The van der Waals surface area contributed by atoms with Crippen molar-refractivity contribution in [2.24, 2.45) is 0 Å². The van der Waals surface area contributed by atoms with Gasteiger partial charge in [0.1, 0.15) is 5.75 Å². The number of aliphatic carboxylic acids is 1. The molecule has 5 nitrogen and oxygen atoms in total. The molecule has 0 saturated carbocycles. The van der Waals surface area contributed by atoms with Crippen molar-refractivity contribution >= 4 is 18.0 Å². The van der Waals surface area contributed by atoms with Gasteiger partial charge < -0.3 is 14.6 Å². The van der Waals surface area contributed by atoms with E-state index in [-0.39, 0.29) is 6.61 Å². The zero-order chi connectivity index (χ0) is 12.7. The van der Waals surface area contributed by atoms with E-state index in [4.69, 9.17) is 9.84 Å². The number of hydrogen-bond acceptors (Lipinski definition) is 4. The van der Waals surface area contributed by atoms with E-state index >= 15 is 0 Å². The highest BCUT2D eigenvalue weighted by Gasteiger charge is 1.98. The Balaban J connectivity index is 2.58. The molecule has 0 aliphatic carbocycles. The molecule has 0 atom stereocenters. The molecule has 0 unspecified atom stereocenters. The van der Waals surface area contributed by atoms with Gasteiger partial charge in [0, 0.05) is 6.08 Å². The number of carboxylic acid groups (broad SMARTS) is 1. The van der Waals surface area contributed by atoms with Crippen LogP contribution in [0.5, 0.6) is 5.75 Å². The lowest BCUT2D eigenvalue weighted by atomic mass is 10.2. The zero-order valence-electron chi connectivity index (χ0n) is 9.25. The van der Waals surface area contributed by atoms with Crippen LogP contribution in [0.2, 0.25) is 0 Å². The van der Waals surface area contributed by atoms with Crippen LogP contribution in [0.4, 0.5) is 0 Å². The quantitative estimate of drug-likeness (QED) is 0.616. The highest BCUT2D eigenvalue weighted by atomic mass is 16.5. The Morgan fingerprint density at radius 1 is 1.29 bits per heavy atom. The van der Waals surface area contributed by atoms with Crippen molar-refractivity contribution < 1.29 is 24.2 Å². The predicted octanol–water partition coefficient (Wildman–Crippen LogP) is 1.34. The van der Waals surface area contributed by atoms with Crippen molar-refractivity contribution in [3.05, 3.63) is 35.9 Å². The summed E-state index contributed by atoms with van der Waals surface area (Å²) < 4.78 is 9.40. The van der Waals surface area contributed by atoms with E-state index < -0.39 is 11.9 Å². The van der Waals surface area contributed by atoms with Crippen molar-refractivity contribution in [2.45, 2.75) is 0 Å². The van der Waals surface area contributed by atoms with Gasteiger partial charge >= 0.3 is 11.9 Å². The molecule has 0 aliphatic heterocycles. The minimum atomic E-state index is -1.03. The summed E-state index contributed by atoms with van der Waals surface area (Å²) >= 11 is 0. The Morgan fingerprint density at radius 2 is 1.94 bits per heavy atom. The molecule has 90 valence electrons. The maximum atomic E-state index is 10.8. The van der Waals surface area contributed by atoms with Crippen molar-refractivity contribution in [3.63, 3.8) is 0 Å². The van der Waals surface area contributed by atoms with Gasteiger partial charge in [-0.3, -0.25) is 0 Å². The summed E-state index contributed by atoms with van der Waals surface area (Å²) in [7, 11) is 1.30. The number of hydrogen-bond donors (Lipinski definition) is 1. The fraction of sp³-hybridized carbons (Fsp3) is 0.167. The molecule has 0 spiro atoms. The Kier molecular flexibility index (Phi) is 4.75.